The summed E-state index contributed by atoms with van der Waals surface area (Å²) in [6, 6.07) is 5.15. The van der Waals surface area contributed by atoms with Crippen molar-refractivity contribution >= 4 is 17.1 Å². The van der Waals surface area contributed by atoms with Crippen LogP contribution in [0.2, 0.25) is 0 Å². The zero-order valence-corrected chi connectivity index (χ0v) is 12.3. The van der Waals surface area contributed by atoms with Crippen molar-refractivity contribution in [2.24, 2.45) is 0 Å². The first-order chi connectivity index (χ1) is 10.1. The maximum absolute atomic E-state index is 11.1. The van der Waals surface area contributed by atoms with E-state index < -0.39 is 0 Å². The summed E-state index contributed by atoms with van der Waals surface area (Å²) < 4.78 is 0. The van der Waals surface area contributed by atoms with Gasteiger partial charge in [0.15, 0.2) is 0 Å². The predicted molar refractivity (Wildman–Crippen MR) is 83.0 cm³/mol. The summed E-state index contributed by atoms with van der Waals surface area (Å²) >= 11 is 0. The molecule has 0 aromatic heterocycles. The van der Waals surface area contributed by atoms with Crippen LogP contribution in [0.25, 0.3) is 0 Å². The molecule has 7 heteroatoms. The monoisotopic (exact) mass is 294 g/mol. The summed E-state index contributed by atoms with van der Waals surface area (Å²) in [7, 11) is 0. The fourth-order valence-electron chi connectivity index (χ4n) is 2.56. The number of nitrogens with zero attached hydrogens (tertiary/aromatic N) is 3. The van der Waals surface area contributed by atoms with Crippen LogP contribution in [-0.4, -0.2) is 60.8 Å². The van der Waals surface area contributed by atoms with Gasteiger partial charge < -0.3 is 15.3 Å². The summed E-state index contributed by atoms with van der Waals surface area (Å²) in [4.78, 5) is 15.0. The van der Waals surface area contributed by atoms with E-state index in [2.05, 4.69) is 15.1 Å². The Morgan fingerprint density at radius 1 is 1.29 bits per heavy atom. The number of aliphatic hydroxyl groups excluding tert-OH is 1. The van der Waals surface area contributed by atoms with E-state index in [4.69, 9.17) is 5.11 Å². The number of benzene rings is 1. The Bertz CT molecular complexity index is 487. The number of aliphatic hydroxyl groups is 1. The maximum atomic E-state index is 11.1. The van der Waals surface area contributed by atoms with Crippen LogP contribution in [0.3, 0.4) is 0 Å². The standard InChI is InChI=1S/C14H22N4O3/c1-2-15-12-9-13(11-14(10-12)18(20)21)17-5-3-16(4-6-17)7-8-19/h9-11,15,19H,2-8H2,1H3. The van der Waals surface area contributed by atoms with Gasteiger partial charge in [0.25, 0.3) is 5.69 Å². The van der Waals surface area contributed by atoms with Crippen LogP contribution in [-0.2, 0) is 0 Å². The minimum absolute atomic E-state index is 0.112. The van der Waals surface area contributed by atoms with Crippen LogP contribution in [0.15, 0.2) is 18.2 Å². The smallest absolute Gasteiger partial charge is 0.273 e. The zero-order valence-electron chi connectivity index (χ0n) is 12.3. The highest BCUT2D eigenvalue weighted by Crippen LogP contribution is 2.27. The lowest BCUT2D eigenvalue weighted by Crippen LogP contribution is -2.47. The summed E-state index contributed by atoms with van der Waals surface area (Å²) in [6.45, 7) is 6.89. The third kappa shape index (κ3) is 4.05. The van der Waals surface area contributed by atoms with E-state index >= 15 is 0 Å². The number of rotatable bonds is 6. The van der Waals surface area contributed by atoms with Gasteiger partial charge in [0, 0.05) is 62.8 Å². The van der Waals surface area contributed by atoms with E-state index in [1.807, 2.05) is 13.0 Å². The topological polar surface area (TPSA) is 81.9 Å². The Labute approximate surface area is 124 Å². The first-order valence-electron chi connectivity index (χ1n) is 7.25. The second-order valence-corrected chi connectivity index (χ2v) is 5.08. The van der Waals surface area contributed by atoms with Crippen LogP contribution in [0.5, 0.6) is 0 Å². The predicted octanol–water partition coefficient (Wildman–Crippen LogP) is 1.14. The molecule has 1 fully saturated rings. The molecule has 1 aliphatic heterocycles. The number of β-amino-alcohol motifs (C(OH)–C–C–N with tert-alkyl or cyclic N) is 1. The molecule has 1 saturated heterocycles. The first kappa shape index (κ1) is 15.5. The molecule has 0 atom stereocenters. The second-order valence-electron chi connectivity index (χ2n) is 5.08. The van der Waals surface area contributed by atoms with Gasteiger partial charge in [-0.15, -0.1) is 0 Å². The summed E-state index contributed by atoms with van der Waals surface area (Å²) in [6.07, 6.45) is 0. The van der Waals surface area contributed by atoms with Gasteiger partial charge in [-0.2, -0.15) is 0 Å². The number of nitro benzene ring substituents is 1. The molecule has 0 spiro atoms. The molecule has 0 aliphatic carbocycles. The van der Waals surface area contributed by atoms with Crippen LogP contribution in [0, 0.1) is 10.1 Å². The third-order valence-electron chi connectivity index (χ3n) is 3.65. The molecule has 116 valence electrons. The van der Waals surface area contributed by atoms with Crippen molar-refractivity contribution in [2.45, 2.75) is 6.92 Å². The zero-order chi connectivity index (χ0) is 15.2. The van der Waals surface area contributed by atoms with Gasteiger partial charge in [0.2, 0.25) is 0 Å². The Morgan fingerprint density at radius 2 is 2.00 bits per heavy atom. The normalized spacial score (nSPS) is 16.0. The van der Waals surface area contributed by atoms with Gasteiger partial charge in [-0.05, 0) is 13.0 Å². The minimum atomic E-state index is -0.355. The molecule has 2 N–H and O–H groups in total. The Kier molecular flexibility index (Phi) is 5.35. The highest BCUT2D eigenvalue weighted by Gasteiger charge is 2.19. The number of piperazine rings is 1. The number of hydrogen-bond acceptors (Lipinski definition) is 6. The second kappa shape index (κ2) is 7.24. The van der Waals surface area contributed by atoms with E-state index in [9.17, 15) is 10.1 Å². The number of nitro groups is 1. The molecule has 0 bridgehead atoms. The molecule has 21 heavy (non-hydrogen) atoms. The summed E-state index contributed by atoms with van der Waals surface area (Å²) in [5.74, 6) is 0. The van der Waals surface area contributed by atoms with E-state index in [-0.39, 0.29) is 17.2 Å². The quantitative estimate of drug-likeness (QED) is 0.605. The first-order valence-corrected chi connectivity index (χ1v) is 7.25. The van der Waals surface area contributed by atoms with E-state index in [1.165, 1.54) is 0 Å². The van der Waals surface area contributed by atoms with Gasteiger partial charge in [-0.25, -0.2) is 0 Å². The minimum Gasteiger partial charge on any atom is -0.395 e. The Morgan fingerprint density at radius 3 is 2.57 bits per heavy atom. The van der Waals surface area contributed by atoms with Crippen molar-refractivity contribution in [1.29, 1.82) is 0 Å². The molecular weight excluding hydrogens is 272 g/mol. The van der Waals surface area contributed by atoms with Crippen LogP contribution in [0.4, 0.5) is 17.1 Å². The van der Waals surface area contributed by atoms with E-state index in [0.717, 1.165) is 44.1 Å². The largest absolute Gasteiger partial charge is 0.395 e. The van der Waals surface area contributed by atoms with Crippen LogP contribution >= 0.6 is 0 Å². The number of nitrogens with one attached hydrogen (secondary N) is 1. The van der Waals surface area contributed by atoms with Gasteiger partial charge in [-0.3, -0.25) is 15.0 Å². The number of non-ortho nitro benzene ring substituents is 1. The van der Waals surface area contributed by atoms with Crippen molar-refractivity contribution in [2.75, 3.05) is 56.1 Å². The lowest BCUT2D eigenvalue weighted by atomic mass is 10.2. The molecule has 0 radical (unpaired) electrons. The van der Waals surface area contributed by atoms with Crippen LogP contribution in [0.1, 0.15) is 6.92 Å². The highest BCUT2D eigenvalue weighted by molar-refractivity contribution is 5.64. The van der Waals surface area contributed by atoms with Gasteiger partial charge >= 0.3 is 0 Å². The molecule has 2 rings (SSSR count). The fourth-order valence-corrected chi connectivity index (χ4v) is 2.56. The lowest BCUT2D eigenvalue weighted by molar-refractivity contribution is -0.384. The lowest BCUT2D eigenvalue weighted by Gasteiger charge is -2.35. The molecule has 0 unspecified atom stereocenters. The van der Waals surface area contributed by atoms with Gasteiger partial charge in [-0.1, -0.05) is 0 Å². The molecule has 0 saturated carbocycles. The average Bonchev–Trinajstić information content (AvgIpc) is 2.48. The Balaban J connectivity index is 2.13. The molecule has 1 aromatic rings. The van der Waals surface area contributed by atoms with Crippen molar-refractivity contribution in [3.8, 4) is 0 Å². The molecule has 0 amide bonds. The Hall–Kier alpha value is -1.86. The summed E-state index contributed by atoms with van der Waals surface area (Å²) in [5.41, 5.74) is 1.77. The van der Waals surface area contributed by atoms with Crippen molar-refractivity contribution in [3.05, 3.63) is 28.3 Å². The van der Waals surface area contributed by atoms with Crippen LogP contribution < -0.4 is 10.2 Å². The van der Waals surface area contributed by atoms with Crippen molar-refractivity contribution in [3.63, 3.8) is 0 Å². The molecule has 1 aromatic carbocycles. The van der Waals surface area contributed by atoms with Gasteiger partial charge in [0.05, 0.1) is 11.5 Å². The maximum Gasteiger partial charge on any atom is 0.273 e. The molecule has 1 aliphatic rings. The highest BCUT2D eigenvalue weighted by atomic mass is 16.6. The third-order valence-corrected chi connectivity index (χ3v) is 3.65. The fraction of sp³-hybridized carbons (Fsp3) is 0.571. The molecule has 1 heterocycles. The average molecular weight is 294 g/mol. The summed E-state index contributed by atoms with van der Waals surface area (Å²) in [5, 5.41) is 23.1. The van der Waals surface area contributed by atoms with E-state index in [1.54, 1.807) is 12.1 Å². The van der Waals surface area contributed by atoms with Crippen molar-refractivity contribution in [1.82, 2.24) is 4.90 Å². The number of hydrogen-bond donors (Lipinski definition) is 2. The van der Waals surface area contributed by atoms with E-state index in [0.29, 0.717) is 6.54 Å². The molecular formula is C14H22N4O3. The van der Waals surface area contributed by atoms with Crippen molar-refractivity contribution < 1.29 is 10.0 Å². The number of anilines is 2. The molecule has 7 nitrogen and oxygen atoms in total. The van der Waals surface area contributed by atoms with Gasteiger partial charge in [0.1, 0.15) is 0 Å². The SMILES string of the molecule is CCNc1cc(N2CCN(CCO)CC2)cc([N+](=O)[O-])c1.